The highest BCUT2D eigenvalue weighted by Gasteiger charge is 2.04. The van der Waals surface area contributed by atoms with Crippen LogP contribution in [-0.4, -0.2) is 38.1 Å². The molecule has 0 aliphatic rings. The summed E-state index contributed by atoms with van der Waals surface area (Å²) in [5.41, 5.74) is 0.603. The number of benzene rings is 1. The average molecular weight is 193 g/mol. The highest BCUT2D eigenvalue weighted by atomic mass is 16.5. The number of esters is 1. The Morgan fingerprint density at radius 1 is 1.29 bits per heavy atom. The molecule has 1 aromatic carbocycles. The molecule has 0 aromatic heterocycles. The van der Waals surface area contributed by atoms with Crippen molar-refractivity contribution in [3.8, 4) is 0 Å². The summed E-state index contributed by atoms with van der Waals surface area (Å²) in [6, 6.07) is 9.01. The van der Waals surface area contributed by atoms with Crippen LogP contribution in [0.3, 0.4) is 0 Å². The molecule has 0 aliphatic carbocycles. The van der Waals surface area contributed by atoms with Crippen LogP contribution >= 0.6 is 0 Å². The average Bonchev–Trinajstić information content (AvgIpc) is 2.18. The third-order valence-corrected chi connectivity index (χ3v) is 1.78. The van der Waals surface area contributed by atoms with Crippen molar-refractivity contribution >= 4 is 5.97 Å². The highest BCUT2D eigenvalue weighted by Crippen LogP contribution is 2.00. The van der Waals surface area contributed by atoms with Crippen LogP contribution < -0.4 is 0 Å². The van der Waals surface area contributed by atoms with Gasteiger partial charge in [0.15, 0.2) is 0 Å². The van der Waals surface area contributed by atoms with Gasteiger partial charge in [-0.3, -0.25) is 0 Å². The summed E-state index contributed by atoms with van der Waals surface area (Å²) in [6.07, 6.45) is 0. The normalized spacial score (nSPS) is 10.2. The first kappa shape index (κ1) is 10.7. The molecule has 0 atom stereocenters. The minimum absolute atomic E-state index is 0.257. The second-order valence-corrected chi connectivity index (χ2v) is 3.31. The van der Waals surface area contributed by atoms with Crippen LogP contribution in [0.2, 0.25) is 0 Å². The maximum Gasteiger partial charge on any atom is 0.338 e. The molecule has 0 spiro atoms. The Morgan fingerprint density at radius 3 is 2.50 bits per heavy atom. The molecule has 1 rings (SSSR count). The number of ether oxygens (including phenoxy) is 1. The maximum absolute atomic E-state index is 11.4. The summed E-state index contributed by atoms with van der Waals surface area (Å²) in [4.78, 5) is 13.4. The molecule has 0 saturated carbocycles. The standard InChI is InChI=1S/C11H15NO2/c1-12(2)8-9-14-11(13)10-6-4-3-5-7-10/h3-7H,8-9H2,1-2H3. The monoisotopic (exact) mass is 193 g/mol. The van der Waals surface area contributed by atoms with Gasteiger partial charge in [-0.2, -0.15) is 0 Å². The van der Waals surface area contributed by atoms with E-state index in [1.54, 1.807) is 12.1 Å². The SMILES string of the molecule is CN(C)CCOC(=O)c1ccccc1. The number of carbonyl (C=O) groups is 1. The van der Waals surface area contributed by atoms with Crippen LogP contribution in [0.4, 0.5) is 0 Å². The second kappa shape index (κ2) is 5.40. The summed E-state index contributed by atoms with van der Waals surface area (Å²) < 4.78 is 5.06. The van der Waals surface area contributed by atoms with Gasteiger partial charge in [0.1, 0.15) is 6.61 Å². The van der Waals surface area contributed by atoms with Gasteiger partial charge in [0.25, 0.3) is 0 Å². The van der Waals surface area contributed by atoms with E-state index in [1.807, 2.05) is 37.2 Å². The lowest BCUT2D eigenvalue weighted by Crippen LogP contribution is -2.20. The lowest BCUT2D eigenvalue weighted by molar-refractivity contribution is 0.0482. The molecule has 1 aromatic rings. The van der Waals surface area contributed by atoms with Crippen LogP contribution in [0.1, 0.15) is 10.4 Å². The first-order valence-corrected chi connectivity index (χ1v) is 4.57. The molecule has 0 bridgehead atoms. The van der Waals surface area contributed by atoms with Crippen molar-refractivity contribution < 1.29 is 9.53 Å². The smallest absolute Gasteiger partial charge is 0.338 e. The van der Waals surface area contributed by atoms with E-state index in [0.717, 1.165) is 6.54 Å². The van der Waals surface area contributed by atoms with Gasteiger partial charge in [0.05, 0.1) is 5.56 Å². The molecular weight excluding hydrogens is 178 g/mol. The first-order valence-electron chi connectivity index (χ1n) is 4.57. The number of likely N-dealkylation sites (N-methyl/N-ethyl adjacent to an activating group) is 1. The van der Waals surface area contributed by atoms with E-state index in [4.69, 9.17) is 4.74 Å². The summed E-state index contributed by atoms with van der Waals surface area (Å²) in [5, 5.41) is 0. The van der Waals surface area contributed by atoms with E-state index in [9.17, 15) is 4.79 Å². The van der Waals surface area contributed by atoms with Gasteiger partial charge in [0.2, 0.25) is 0 Å². The molecule has 0 amide bonds. The molecule has 3 nitrogen and oxygen atoms in total. The molecule has 14 heavy (non-hydrogen) atoms. The highest BCUT2D eigenvalue weighted by molar-refractivity contribution is 5.89. The lowest BCUT2D eigenvalue weighted by atomic mass is 10.2. The van der Waals surface area contributed by atoms with Crippen molar-refractivity contribution in [2.24, 2.45) is 0 Å². The Morgan fingerprint density at radius 2 is 1.93 bits per heavy atom. The number of nitrogens with zero attached hydrogens (tertiary/aromatic N) is 1. The molecule has 0 unspecified atom stereocenters. The summed E-state index contributed by atoms with van der Waals surface area (Å²) in [7, 11) is 3.88. The van der Waals surface area contributed by atoms with Gasteiger partial charge in [-0.15, -0.1) is 0 Å². The number of hydrogen-bond donors (Lipinski definition) is 0. The lowest BCUT2D eigenvalue weighted by Gasteiger charge is -2.09. The van der Waals surface area contributed by atoms with Crippen LogP contribution in [0.25, 0.3) is 0 Å². The Balaban J connectivity index is 2.36. The van der Waals surface area contributed by atoms with Crippen LogP contribution in [0.5, 0.6) is 0 Å². The zero-order valence-corrected chi connectivity index (χ0v) is 8.56. The Kier molecular flexibility index (Phi) is 4.13. The van der Waals surface area contributed by atoms with Crippen molar-refractivity contribution in [1.82, 2.24) is 4.90 Å². The largest absolute Gasteiger partial charge is 0.461 e. The van der Waals surface area contributed by atoms with E-state index in [2.05, 4.69) is 0 Å². The third-order valence-electron chi connectivity index (χ3n) is 1.78. The van der Waals surface area contributed by atoms with Gasteiger partial charge in [-0.1, -0.05) is 18.2 Å². The van der Waals surface area contributed by atoms with Gasteiger partial charge < -0.3 is 9.64 Å². The predicted molar refractivity (Wildman–Crippen MR) is 55.3 cm³/mol. The first-order chi connectivity index (χ1) is 6.70. The minimum Gasteiger partial charge on any atom is -0.461 e. The number of rotatable bonds is 4. The van der Waals surface area contributed by atoms with Gasteiger partial charge in [-0.25, -0.2) is 4.79 Å². The van der Waals surface area contributed by atoms with Gasteiger partial charge in [0, 0.05) is 6.54 Å². The fourth-order valence-electron chi connectivity index (χ4n) is 0.978. The Labute approximate surface area is 84.3 Å². The van der Waals surface area contributed by atoms with Crippen molar-refractivity contribution in [2.75, 3.05) is 27.2 Å². The third kappa shape index (κ3) is 3.58. The van der Waals surface area contributed by atoms with E-state index >= 15 is 0 Å². The maximum atomic E-state index is 11.4. The van der Waals surface area contributed by atoms with E-state index in [0.29, 0.717) is 12.2 Å². The molecule has 76 valence electrons. The zero-order chi connectivity index (χ0) is 10.4. The molecule has 3 heteroatoms. The summed E-state index contributed by atoms with van der Waals surface area (Å²) >= 11 is 0. The zero-order valence-electron chi connectivity index (χ0n) is 8.56. The van der Waals surface area contributed by atoms with Crippen molar-refractivity contribution in [3.63, 3.8) is 0 Å². The topological polar surface area (TPSA) is 29.5 Å². The molecule has 0 saturated heterocycles. The van der Waals surface area contributed by atoms with E-state index in [1.165, 1.54) is 0 Å². The second-order valence-electron chi connectivity index (χ2n) is 3.31. The molecule has 0 heterocycles. The number of carbonyl (C=O) groups excluding carboxylic acids is 1. The van der Waals surface area contributed by atoms with E-state index in [-0.39, 0.29) is 5.97 Å². The van der Waals surface area contributed by atoms with Crippen molar-refractivity contribution in [1.29, 1.82) is 0 Å². The number of hydrogen-bond acceptors (Lipinski definition) is 3. The summed E-state index contributed by atoms with van der Waals surface area (Å²) in [6.45, 7) is 1.18. The molecular formula is C11H15NO2. The summed E-state index contributed by atoms with van der Waals surface area (Å²) in [5.74, 6) is -0.257. The van der Waals surface area contributed by atoms with E-state index < -0.39 is 0 Å². The molecule has 0 radical (unpaired) electrons. The molecule has 0 fully saturated rings. The Hall–Kier alpha value is -1.35. The van der Waals surface area contributed by atoms with Crippen LogP contribution in [-0.2, 0) is 4.74 Å². The van der Waals surface area contributed by atoms with Crippen LogP contribution in [0.15, 0.2) is 30.3 Å². The van der Waals surface area contributed by atoms with Gasteiger partial charge >= 0.3 is 5.97 Å². The predicted octanol–water partition coefficient (Wildman–Crippen LogP) is 1.40. The molecule has 0 N–H and O–H groups in total. The Bertz CT molecular complexity index is 283. The van der Waals surface area contributed by atoms with Gasteiger partial charge in [-0.05, 0) is 26.2 Å². The molecule has 0 aliphatic heterocycles. The fraction of sp³-hybridized carbons (Fsp3) is 0.364. The minimum atomic E-state index is -0.257. The van der Waals surface area contributed by atoms with Crippen molar-refractivity contribution in [3.05, 3.63) is 35.9 Å². The quantitative estimate of drug-likeness (QED) is 0.677. The van der Waals surface area contributed by atoms with Crippen molar-refractivity contribution in [2.45, 2.75) is 0 Å². The fourth-order valence-corrected chi connectivity index (χ4v) is 0.978. The van der Waals surface area contributed by atoms with Crippen LogP contribution in [0, 0.1) is 0 Å².